The summed E-state index contributed by atoms with van der Waals surface area (Å²) < 4.78 is 12.7. The minimum atomic E-state index is -0.237. The Hall–Kier alpha value is -1.38. The standard InChI is InChI=1S/C12H14FNO/c1-9-2-7-12(15)14(9)8-10-3-5-11(13)6-4-10/h3-6,9H,2,7-8H2,1H3. The lowest BCUT2D eigenvalue weighted by atomic mass is 10.2. The molecular formula is C12H14FNO. The number of carbonyl (C=O) groups excluding carboxylic acids is 1. The second-order valence-electron chi connectivity index (χ2n) is 4.04. The smallest absolute Gasteiger partial charge is 0.223 e. The molecule has 80 valence electrons. The zero-order chi connectivity index (χ0) is 10.8. The first kappa shape index (κ1) is 10.1. The summed E-state index contributed by atoms with van der Waals surface area (Å²) in [6.07, 6.45) is 1.57. The molecule has 1 saturated heterocycles. The second kappa shape index (κ2) is 4.01. The van der Waals surface area contributed by atoms with Crippen molar-refractivity contribution in [2.24, 2.45) is 0 Å². The van der Waals surface area contributed by atoms with Gasteiger partial charge in [0.05, 0.1) is 0 Å². The van der Waals surface area contributed by atoms with Gasteiger partial charge in [-0.3, -0.25) is 4.79 Å². The summed E-state index contributed by atoms with van der Waals surface area (Å²) in [7, 11) is 0. The Morgan fingerprint density at radius 1 is 1.40 bits per heavy atom. The van der Waals surface area contributed by atoms with Gasteiger partial charge < -0.3 is 4.90 Å². The predicted molar refractivity (Wildman–Crippen MR) is 55.6 cm³/mol. The highest BCUT2D eigenvalue weighted by molar-refractivity contribution is 5.78. The maximum atomic E-state index is 12.7. The maximum absolute atomic E-state index is 12.7. The van der Waals surface area contributed by atoms with E-state index in [0.29, 0.717) is 19.0 Å². The molecule has 0 bridgehead atoms. The van der Waals surface area contributed by atoms with E-state index in [1.165, 1.54) is 12.1 Å². The molecule has 0 aliphatic carbocycles. The van der Waals surface area contributed by atoms with Crippen molar-refractivity contribution < 1.29 is 9.18 Å². The molecule has 1 aromatic carbocycles. The fourth-order valence-corrected chi connectivity index (χ4v) is 1.91. The Bertz CT molecular complexity index is 360. The van der Waals surface area contributed by atoms with Crippen molar-refractivity contribution in [2.45, 2.75) is 32.4 Å². The molecule has 3 heteroatoms. The van der Waals surface area contributed by atoms with Crippen LogP contribution in [0.2, 0.25) is 0 Å². The number of likely N-dealkylation sites (tertiary alicyclic amines) is 1. The van der Waals surface area contributed by atoms with Crippen molar-refractivity contribution in [3.63, 3.8) is 0 Å². The van der Waals surface area contributed by atoms with Gasteiger partial charge in [-0.25, -0.2) is 4.39 Å². The van der Waals surface area contributed by atoms with E-state index in [-0.39, 0.29) is 11.7 Å². The highest BCUT2D eigenvalue weighted by Crippen LogP contribution is 2.20. The molecule has 1 aliphatic rings. The molecule has 1 fully saturated rings. The van der Waals surface area contributed by atoms with Crippen LogP contribution in [0.15, 0.2) is 24.3 Å². The van der Waals surface area contributed by atoms with Gasteiger partial charge in [-0.05, 0) is 31.0 Å². The van der Waals surface area contributed by atoms with E-state index in [9.17, 15) is 9.18 Å². The Balaban J connectivity index is 2.08. The molecule has 1 unspecified atom stereocenters. The number of halogens is 1. The summed E-state index contributed by atoms with van der Waals surface area (Å²) in [6.45, 7) is 2.65. The van der Waals surface area contributed by atoms with Crippen LogP contribution in [-0.2, 0) is 11.3 Å². The molecule has 1 atom stereocenters. The highest BCUT2D eigenvalue weighted by Gasteiger charge is 2.26. The normalized spacial score (nSPS) is 21.1. The van der Waals surface area contributed by atoms with Crippen LogP contribution in [0.4, 0.5) is 4.39 Å². The number of rotatable bonds is 2. The zero-order valence-electron chi connectivity index (χ0n) is 8.74. The summed E-state index contributed by atoms with van der Waals surface area (Å²) in [5, 5.41) is 0. The number of nitrogens with zero attached hydrogens (tertiary/aromatic N) is 1. The van der Waals surface area contributed by atoms with Gasteiger partial charge in [0.15, 0.2) is 0 Å². The first-order valence-corrected chi connectivity index (χ1v) is 5.21. The molecule has 0 radical (unpaired) electrons. The fraction of sp³-hybridized carbons (Fsp3) is 0.417. The van der Waals surface area contributed by atoms with E-state index in [1.807, 2.05) is 4.90 Å². The fourth-order valence-electron chi connectivity index (χ4n) is 1.91. The SMILES string of the molecule is CC1CCC(=O)N1Cc1ccc(F)cc1. The van der Waals surface area contributed by atoms with E-state index >= 15 is 0 Å². The topological polar surface area (TPSA) is 20.3 Å². The predicted octanol–water partition coefficient (Wildman–Crippen LogP) is 2.34. The number of hydrogen-bond donors (Lipinski definition) is 0. The van der Waals surface area contributed by atoms with Gasteiger partial charge in [-0.2, -0.15) is 0 Å². The summed E-state index contributed by atoms with van der Waals surface area (Å²) in [6, 6.07) is 6.63. The molecule has 0 aromatic heterocycles. The van der Waals surface area contributed by atoms with Gasteiger partial charge in [-0.15, -0.1) is 0 Å². The van der Waals surface area contributed by atoms with Crippen LogP contribution in [-0.4, -0.2) is 16.8 Å². The highest BCUT2D eigenvalue weighted by atomic mass is 19.1. The van der Waals surface area contributed by atoms with Crippen molar-refractivity contribution in [1.29, 1.82) is 0 Å². The lowest BCUT2D eigenvalue weighted by molar-refractivity contribution is -0.129. The van der Waals surface area contributed by atoms with Crippen molar-refractivity contribution in [2.75, 3.05) is 0 Å². The molecule has 1 aromatic rings. The molecule has 1 amide bonds. The Morgan fingerprint density at radius 2 is 2.07 bits per heavy atom. The molecule has 0 spiro atoms. The molecule has 0 saturated carbocycles. The van der Waals surface area contributed by atoms with E-state index in [1.54, 1.807) is 12.1 Å². The number of amides is 1. The molecule has 1 heterocycles. The Kier molecular flexibility index (Phi) is 2.71. The summed E-state index contributed by atoms with van der Waals surface area (Å²) in [5.74, 6) is -0.0358. The van der Waals surface area contributed by atoms with Gasteiger partial charge >= 0.3 is 0 Å². The van der Waals surface area contributed by atoms with Crippen LogP contribution in [0.5, 0.6) is 0 Å². The Labute approximate surface area is 88.7 Å². The average molecular weight is 207 g/mol. The van der Waals surface area contributed by atoms with Crippen molar-refractivity contribution in [1.82, 2.24) is 4.90 Å². The van der Waals surface area contributed by atoms with E-state index in [4.69, 9.17) is 0 Å². The lowest BCUT2D eigenvalue weighted by Gasteiger charge is -2.21. The van der Waals surface area contributed by atoms with Gasteiger partial charge in [0.2, 0.25) is 5.91 Å². The first-order chi connectivity index (χ1) is 7.16. The number of benzene rings is 1. The Morgan fingerprint density at radius 3 is 2.60 bits per heavy atom. The number of hydrogen-bond acceptors (Lipinski definition) is 1. The third kappa shape index (κ3) is 2.17. The van der Waals surface area contributed by atoms with Crippen LogP contribution in [0, 0.1) is 5.82 Å². The second-order valence-corrected chi connectivity index (χ2v) is 4.04. The third-order valence-corrected chi connectivity index (χ3v) is 2.89. The largest absolute Gasteiger partial charge is 0.336 e. The molecular weight excluding hydrogens is 193 g/mol. The van der Waals surface area contributed by atoms with E-state index < -0.39 is 0 Å². The summed E-state index contributed by atoms with van der Waals surface area (Å²) >= 11 is 0. The van der Waals surface area contributed by atoms with Crippen molar-refractivity contribution in [3.05, 3.63) is 35.6 Å². The van der Waals surface area contributed by atoms with Crippen molar-refractivity contribution >= 4 is 5.91 Å². The molecule has 2 nitrogen and oxygen atoms in total. The third-order valence-electron chi connectivity index (χ3n) is 2.89. The number of carbonyl (C=O) groups is 1. The molecule has 15 heavy (non-hydrogen) atoms. The van der Waals surface area contributed by atoms with Crippen LogP contribution in [0.3, 0.4) is 0 Å². The van der Waals surface area contributed by atoms with Gasteiger partial charge in [0, 0.05) is 19.0 Å². The van der Waals surface area contributed by atoms with Gasteiger partial charge in [-0.1, -0.05) is 12.1 Å². The molecule has 0 N–H and O–H groups in total. The average Bonchev–Trinajstić information content (AvgIpc) is 2.53. The maximum Gasteiger partial charge on any atom is 0.223 e. The minimum absolute atomic E-state index is 0.201. The minimum Gasteiger partial charge on any atom is -0.336 e. The van der Waals surface area contributed by atoms with E-state index in [2.05, 4.69) is 6.92 Å². The summed E-state index contributed by atoms with van der Waals surface area (Å²) in [4.78, 5) is 13.4. The first-order valence-electron chi connectivity index (χ1n) is 5.21. The lowest BCUT2D eigenvalue weighted by Crippen LogP contribution is -2.30. The summed E-state index contributed by atoms with van der Waals surface area (Å²) in [5.41, 5.74) is 0.985. The monoisotopic (exact) mass is 207 g/mol. The van der Waals surface area contributed by atoms with Crippen LogP contribution >= 0.6 is 0 Å². The quantitative estimate of drug-likeness (QED) is 0.729. The van der Waals surface area contributed by atoms with Gasteiger partial charge in [0.25, 0.3) is 0 Å². The zero-order valence-corrected chi connectivity index (χ0v) is 8.74. The van der Waals surface area contributed by atoms with E-state index in [0.717, 1.165) is 12.0 Å². The molecule has 1 aliphatic heterocycles. The van der Waals surface area contributed by atoms with Crippen LogP contribution in [0.1, 0.15) is 25.3 Å². The van der Waals surface area contributed by atoms with Gasteiger partial charge in [0.1, 0.15) is 5.82 Å². The van der Waals surface area contributed by atoms with Crippen molar-refractivity contribution in [3.8, 4) is 0 Å². The van der Waals surface area contributed by atoms with Crippen LogP contribution in [0.25, 0.3) is 0 Å². The van der Waals surface area contributed by atoms with Crippen LogP contribution < -0.4 is 0 Å². The molecule has 2 rings (SSSR count).